The number of aliphatic hydroxyl groups excluding tert-OH is 1. The summed E-state index contributed by atoms with van der Waals surface area (Å²) in [6.07, 6.45) is 2.97. The van der Waals surface area contributed by atoms with Crippen LogP contribution in [0.15, 0.2) is 0 Å². The summed E-state index contributed by atoms with van der Waals surface area (Å²) in [6.45, 7) is 4.01. The van der Waals surface area contributed by atoms with E-state index in [0.29, 0.717) is 13.1 Å². The molecule has 1 rings (SSSR count). The van der Waals surface area contributed by atoms with E-state index in [1.54, 1.807) is 13.8 Å². The van der Waals surface area contributed by atoms with Crippen molar-refractivity contribution in [2.45, 2.75) is 37.9 Å². The van der Waals surface area contributed by atoms with Crippen LogP contribution in [0.4, 0.5) is 0 Å². The molecule has 0 radical (unpaired) electrons. The molecule has 0 atom stereocenters. The SMILES string of the molecule is CC(C)(CO)S(=O)(=O)N1CCCCC1. The molecule has 84 valence electrons. The van der Waals surface area contributed by atoms with Gasteiger partial charge in [-0.05, 0) is 26.7 Å². The molecule has 0 aromatic heterocycles. The van der Waals surface area contributed by atoms with Gasteiger partial charge in [0.25, 0.3) is 0 Å². The zero-order valence-corrected chi connectivity index (χ0v) is 9.68. The highest BCUT2D eigenvalue weighted by Crippen LogP contribution is 2.23. The largest absolute Gasteiger partial charge is 0.395 e. The lowest BCUT2D eigenvalue weighted by atomic mass is 10.2. The molecular weight excluding hydrogens is 202 g/mol. The number of hydrogen-bond acceptors (Lipinski definition) is 3. The van der Waals surface area contributed by atoms with Crippen molar-refractivity contribution >= 4 is 10.0 Å². The quantitative estimate of drug-likeness (QED) is 0.758. The van der Waals surface area contributed by atoms with Crippen molar-refractivity contribution < 1.29 is 13.5 Å². The van der Waals surface area contributed by atoms with Gasteiger partial charge in [0.15, 0.2) is 0 Å². The molecule has 0 spiro atoms. The molecule has 0 aromatic carbocycles. The molecule has 1 fully saturated rings. The van der Waals surface area contributed by atoms with Gasteiger partial charge in [-0.2, -0.15) is 0 Å². The molecule has 0 unspecified atom stereocenters. The fourth-order valence-electron chi connectivity index (χ4n) is 1.54. The Bertz CT molecular complexity index is 278. The van der Waals surface area contributed by atoms with Crippen LogP contribution in [0, 0.1) is 0 Å². The molecule has 4 nitrogen and oxygen atoms in total. The fraction of sp³-hybridized carbons (Fsp3) is 1.00. The van der Waals surface area contributed by atoms with Gasteiger partial charge in [0, 0.05) is 13.1 Å². The Kier molecular flexibility index (Phi) is 3.55. The van der Waals surface area contributed by atoms with E-state index in [2.05, 4.69) is 0 Å². The first-order chi connectivity index (χ1) is 6.42. The Balaban J connectivity index is 2.83. The van der Waals surface area contributed by atoms with E-state index in [1.807, 2.05) is 0 Å². The average molecular weight is 221 g/mol. The molecule has 14 heavy (non-hydrogen) atoms. The summed E-state index contributed by atoms with van der Waals surface area (Å²) < 4.78 is 24.5. The topological polar surface area (TPSA) is 57.6 Å². The lowest BCUT2D eigenvalue weighted by molar-refractivity contribution is 0.246. The maximum absolute atomic E-state index is 12.0. The van der Waals surface area contributed by atoms with Crippen molar-refractivity contribution in [1.29, 1.82) is 0 Å². The molecule has 0 bridgehead atoms. The van der Waals surface area contributed by atoms with E-state index in [1.165, 1.54) is 4.31 Å². The van der Waals surface area contributed by atoms with Crippen LogP contribution in [0.1, 0.15) is 33.1 Å². The molecule has 1 aliphatic rings. The van der Waals surface area contributed by atoms with Crippen molar-refractivity contribution in [3.8, 4) is 0 Å². The number of hydrogen-bond donors (Lipinski definition) is 1. The summed E-state index contributed by atoms with van der Waals surface area (Å²) in [5.74, 6) is 0. The minimum absolute atomic E-state index is 0.328. The fourth-order valence-corrected chi connectivity index (χ4v) is 3.14. The minimum atomic E-state index is -3.33. The first kappa shape index (κ1) is 11.9. The second-order valence-electron chi connectivity index (χ2n) is 4.38. The van der Waals surface area contributed by atoms with Gasteiger partial charge in [0.2, 0.25) is 10.0 Å². The van der Waals surface area contributed by atoms with Crippen LogP contribution in [0.5, 0.6) is 0 Å². The van der Waals surface area contributed by atoms with Crippen LogP contribution in [0.3, 0.4) is 0 Å². The normalized spacial score (nSPS) is 21.1. The van der Waals surface area contributed by atoms with E-state index in [0.717, 1.165) is 19.3 Å². The molecule has 1 N–H and O–H groups in total. The summed E-state index contributed by atoms with van der Waals surface area (Å²) in [6, 6.07) is 0. The molecule has 0 aliphatic carbocycles. The molecule has 5 heteroatoms. The smallest absolute Gasteiger partial charge is 0.221 e. The predicted molar refractivity (Wildman–Crippen MR) is 55.5 cm³/mol. The number of rotatable bonds is 3. The molecule has 1 saturated heterocycles. The van der Waals surface area contributed by atoms with Crippen LogP contribution in [-0.2, 0) is 10.0 Å². The van der Waals surface area contributed by atoms with Crippen LogP contribution in [0.2, 0.25) is 0 Å². The Labute approximate surface area is 86.0 Å². The van der Waals surface area contributed by atoms with Gasteiger partial charge in [-0.3, -0.25) is 0 Å². The summed E-state index contributed by atoms with van der Waals surface area (Å²) >= 11 is 0. The van der Waals surface area contributed by atoms with Crippen molar-refractivity contribution in [3.63, 3.8) is 0 Å². The van der Waals surface area contributed by atoms with Gasteiger partial charge in [-0.1, -0.05) is 6.42 Å². The molecule has 1 heterocycles. The first-order valence-corrected chi connectivity index (χ1v) is 6.46. The van der Waals surface area contributed by atoms with Gasteiger partial charge in [-0.25, -0.2) is 12.7 Å². The van der Waals surface area contributed by atoms with Crippen molar-refractivity contribution in [2.24, 2.45) is 0 Å². The standard InChI is InChI=1S/C9H19NO3S/c1-9(2,8-11)14(12,13)10-6-4-3-5-7-10/h11H,3-8H2,1-2H3. The zero-order valence-electron chi connectivity index (χ0n) is 8.86. The van der Waals surface area contributed by atoms with Crippen LogP contribution >= 0.6 is 0 Å². The molecule has 0 amide bonds. The van der Waals surface area contributed by atoms with E-state index in [9.17, 15) is 8.42 Å². The number of sulfonamides is 1. The summed E-state index contributed by atoms with van der Waals surface area (Å²) in [4.78, 5) is 0. The van der Waals surface area contributed by atoms with E-state index < -0.39 is 14.8 Å². The van der Waals surface area contributed by atoms with Crippen LogP contribution in [0.25, 0.3) is 0 Å². The molecule has 0 aromatic rings. The lowest BCUT2D eigenvalue weighted by Crippen LogP contribution is -2.48. The Hall–Kier alpha value is -0.130. The van der Waals surface area contributed by atoms with Crippen LogP contribution in [-0.4, -0.2) is 42.3 Å². The predicted octanol–water partition coefficient (Wildman–Crippen LogP) is 0.573. The third-order valence-electron chi connectivity index (χ3n) is 2.73. The Morgan fingerprint density at radius 3 is 2.14 bits per heavy atom. The number of aliphatic hydroxyl groups is 1. The van der Waals surface area contributed by atoms with E-state index >= 15 is 0 Å². The highest BCUT2D eigenvalue weighted by molar-refractivity contribution is 7.90. The number of nitrogens with zero attached hydrogens (tertiary/aromatic N) is 1. The lowest BCUT2D eigenvalue weighted by Gasteiger charge is -2.33. The van der Waals surface area contributed by atoms with Gasteiger partial charge in [0.1, 0.15) is 4.75 Å². The Morgan fingerprint density at radius 2 is 1.71 bits per heavy atom. The van der Waals surface area contributed by atoms with Gasteiger partial charge in [0.05, 0.1) is 6.61 Å². The van der Waals surface area contributed by atoms with Crippen LogP contribution < -0.4 is 0 Å². The summed E-state index contributed by atoms with van der Waals surface area (Å²) in [7, 11) is -3.33. The highest BCUT2D eigenvalue weighted by Gasteiger charge is 2.38. The van der Waals surface area contributed by atoms with Crippen molar-refractivity contribution in [2.75, 3.05) is 19.7 Å². The van der Waals surface area contributed by atoms with E-state index in [4.69, 9.17) is 5.11 Å². The summed E-state index contributed by atoms with van der Waals surface area (Å²) in [5, 5.41) is 9.05. The second-order valence-corrected chi connectivity index (χ2v) is 6.95. The third kappa shape index (κ3) is 2.10. The summed E-state index contributed by atoms with van der Waals surface area (Å²) in [5.41, 5.74) is 0. The zero-order chi connectivity index (χ0) is 10.8. The molecular formula is C9H19NO3S. The minimum Gasteiger partial charge on any atom is -0.395 e. The van der Waals surface area contributed by atoms with Crippen molar-refractivity contribution in [1.82, 2.24) is 4.31 Å². The highest BCUT2D eigenvalue weighted by atomic mass is 32.2. The molecule has 0 saturated carbocycles. The van der Waals surface area contributed by atoms with E-state index in [-0.39, 0.29) is 6.61 Å². The maximum Gasteiger partial charge on any atom is 0.221 e. The number of piperidine rings is 1. The van der Waals surface area contributed by atoms with Crippen molar-refractivity contribution in [3.05, 3.63) is 0 Å². The average Bonchev–Trinajstić information content (AvgIpc) is 2.19. The van der Waals surface area contributed by atoms with Gasteiger partial charge < -0.3 is 5.11 Å². The molecule has 1 aliphatic heterocycles. The monoisotopic (exact) mass is 221 g/mol. The second kappa shape index (κ2) is 4.16. The van der Waals surface area contributed by atoms with Gasteiger partial charge >= 0.3 is 0 Å². The van der Waals surface area contributed by atoms with Gasteiger partial charge in [-0.15, -0.1) is 0 Å². The third-order valence-corrected chi connectivity index (χ3v) is 5.30. The first-order valence-electron chi connectivity index (χ1n) is 5.02. The maximum atomic E-state index is 12.0. The Morgan fingerprint density at radius 1 is 1.21 bits per heavy atom.